The molecule has 3 rings (SSSR count). The minimum absolute atomic E-state index is 0.130. The SMILES string of the molecule is COc1ccc(CN(C)CC(=O)Nc2cc(C)nn2-c2ccc(F)cc2)c(OC)c1OC. The number of hydrogen-bond donors (Lipinski definition) is 1. The van der Waals surface area contributed by atoms with Crippen LogP contribution < -0.4 is 19.5 Å². The lowest BCUT2D eigenvalue weighted by atomic mass is 10.1. The fourth-order valence-electron chi connectivity index (χ4n) is 3.43. The third-order valence-corrected chi connectivity index (χ3v) is 4.81. The van der Waals surface area contributed by atoms with Crippen LogP contribution in [-0.4, -0.2) is 55.5 Å². The lowest BCUT2D eigenvalue weighted by Gasteiger charge is -2.20. The average Bonchev–Trinajstić information content (AvgIpc) is 3.13. The molecule has 1 heterocycles. The number of nitrogens with zero attached hydrogens (tertiary/aromatic N) is 3. The first-order valence-corrected chi connectivity index (χ1v) is 9.95. The second-order valence-corrected chi connectivity index (χ2v) is 7.27. The van der Waals surface area contributed by atoms with Crippen LogP contribution in [0.2, 0.25) is 0 Å². The van der Waals surface area contributed by atoms with Crippen molar-refractivity contribution in [3.05, 3.63) is 59.5 Å². The molecule has 0 aliphatic carbocycles. The van der Waals surface area contributed by atoms with Crippen LogP contribution in [0.4, 0.5) is 10.2 Å². The van der Waals surface area contributed by atoms with Gasteiger partial charge in [0, 0.05) is 18.2 Å². The monoisotopic (exact) mass is 442 g/mol. The Hall–Kier alpha value is -3.59. The molecule has 0 atom stereocenters. The number of nitrogens with one attached hydrogen (secondary N) is 1. The first kappa shape index (κ1) is 23.1. The molecule has 1 N–H and O–H groups in total. The molecule has 9 heteroatoms. The zero-order chi connectivity index (χ0) is 23.3. The summed E-state index contributed by atoms with van der Waals surface area (Å²) in [5.74, 6) is 1.59. The maximum atomic E-state index is 13.3. The Kier molecular flexibility index (Phi) is 7.32. The van der Waals surface area contributed by atoms with Crippen LogP contribution in [0.1, 0.15) is 11.3 Å². The van der Waals surface area contributed by atoms with E-state index < -0.39 is 0 Å². The Balaban J connectivity index is 1.71. The summed E-state index contributed by atoms with van der Waals surface area (Å²) in [6.45, 7) is 2.41. The molecule has 0 aliphatic heterocycles. The molecule has 170 valence electrons. The minimum Gasteiger partial charge on any atom is -0.493 e. The molecule has 0 aliphatic rings. The third-order valence-electron chi connectivity index (χ3n) is 4.81. The van der Waals surface area contributed by atoms with Gasteiger partial charge in [-0.05, 0) is 44.3 Å². The van der Waals surface area contributed by atoms with Gasteiger partial charge in [-0.15, -0.1) is 0 Å². The summed E-state index contributed by atoms with van der Waals surface area (Å²) in [5.41, 5.74) is 2.24. The predicted molar refractivity (Wildman–Crippen MR) is 119 cm³/mol. The van der Waals surface area contributed by atoms with Crippen molar-refractivity contribution in [2.75, 3.05) is 40.2 Å². The van der Waals surface area contributed by atoms with Gasteiger partial charge in [-0.3, -0.25) is 9.69 Å². The molecular weight excluding hydrogens is 415 g/mol. The molecule has 0 radical (unpaired) electrons. The van der Waals surface area contributed by atoms with Gasteiger partial charge in [0.05, 0.1) is 39.3 Å². The summed E-state index contributed by atoms with van der Waals surface area (Å²) >= 11 is 0. The second kappa shape index (κ2) is 10.1. The van der Waals surface area contributed by atoms with Crippen molar-refractivity contribution >= 4 is 11.7 Å². The van der Waals surface area contributed by atoms with Crippen LogP contribution in [0.5, 0.6) is 17.2 Å². The number of benzene rings is 2. The van der Waals surface area contributed by atoms with Crippen LogP contribution in [0.3, 0.4) is 0 Å². The summed E-state index contributed by atoms with van der Waals surface area (Å²) in [6, 6.07) is 11.3. The molecule has 2 aromatic carbocycles. The molecule has 0 saturated carbocycles. The van der Waals surface area contributed by atoms with E-state index in [1.807, 2.05) is 24.9 Å². The summed E-state index contributed by atoms with van der Waals surface area (Å²) < 4.78 is 31.1. The number of methoxy groups -OCH3 is 3. The van der Waals surface area contributed by atoms with E-state index >= 15 is 0 Å². The van der Waals surface area contributed by atoms with Gasteiger partial charge in [-0.1, -0.05) is 6.07 Å². The van der Waals surface area contributed by atoms with Gasteiger partial charge in [0.1, 0.15) is 11.6 Å². The largest absolute Gasteiger partial charge is 0.493 e. The number of likely N-dealkylation sites (N-methyl/N-ethyl adjacent to an activating group) is 1. The van der Waals surface area contributed by atoms with Crippen molar-refractivity contribution in [1.29, 1.82) is 0 Å². The molecule has 1 amide bonds. The van der Waals surface area contributed by atoms with Crippen molar-refractivity contribution in [3.8, 4) is 22.9 Å². The topological polar surface area (TPSA) is 77.9 Å². The van der Waals surface area contributed by atoms with Crippen LogP contribution in [0, 0.1) is 12.7 Å². The lowest BCUT2D eigenvalue weighted by Crippen LogP contribution is -2.30. The third kappa shape index (κ3) is 5.17. The Morgan fingerprint density at radius 1 is 1.06 bits per heavy atom. The second-order valence-electron chi connectivity index (χ2n) is 7.27. The summed E-state index contributed by atoms with van der Waals surface area (Å²) in [6.07, 6.45) is 0. The molecule has 0 spiro atoms. The highest BCUT2D eigenvalue weighted by molar-refractivity contribution is 5.91. The van der Waals surface area contributed by atoms with E-state index in [0.29, 0.717) is 35.3 Å². The number of aromatic nitrogens is 2. The predicted octanol–water partition coefficient (Wildman–Crippen LogP) is 3.42. The number of rotatable bonds is 9. The summed E-state index contributed by atoms with van der Waals surface area (Å²) in [4.78, 5) is 14.6. The zero-order valence-electron chi connectivity index (χ0n) is 18.8. The van der Waals surface area contributed by atoms with Gasteiger partial charge in [-0.25, -0.2) is 9.07 Å². The van der Waals surface area contributed by atoms with Gasteiger partial charge in [0.25, 0.3) is 0 Å². The smallest absolute Gasteiger partial charge is 0.239 e. The number of carbonyl (C=O) groups is 1. The van der Waals surface area contributed by atoms with Crippen LogP contribution in [-0.2, 0) is 11.3 Å². The normalized spacial score (nSPS) is 10.8. The van der Waals surface area contributed by atoms with Crippen LogP contribution >= 0.6 is 0 Å². The average molecular weight is 442 g/mol. The van der Waals surface area contributed by atoms with E-state index in [9.17, 15) is 9.18 Å². The van der Waals surface area contributed by atoms with Gasteiger partial charge >= 0.3 is 0 Å². The Morgan fingerprint density at radius 2 is 1.75 bits per heavy atom. The first-order valence-electron chi connectivity index (χ1n) is 9.95. The summed E-state index contributed by atoms with van der Waals surface area (Å²) in [5, 5.41) is 7.27. The van der Waals surface area contributed by atoms with Crippen molar-refractivity contribution in [3.63, 3.8) is 0 Å². The van der Waals surface area contributed by atoms with E-state index in [0.717, 1.165) is 11.3 Å². The molecule has 0 saturated heterocycles. The molecule has 1 aromatic heterocycles. The first-order chi connectivity index (χ1) is 15.4. The van der Waals surface area contributed by atoms with Gasteiger partial charge in [0.2, 0.25) is 11.7 Å². The highest BCUT2D eigenvalue weighted by Crippen LogP contribution is 2.40. The fraction of sp³-hybridized carbons (Fsp3) is 0.304. The minimum atomic E-state index is -0.338. The van der Waals surface area contributed by atoms with Crippen molar-refractivity contribution in [1.82, 2.24) is 14.7 Å². The lowest BCUT2D eigenvalue weighted by molar-refractivity contribution is -0.117. The number of halogens is 1. The molecule has 3 aromatic rings. The number of anilines is 1. The van der Waals surface area contributed by atoms with E-state index in [1.165, 1.54) is 12.1 Å². The van der Waals surface area contributed by atoms with Crippen molar-refractivity contribution < 1.29 is 23.4 Å². The summed E-state index contributed by atoms with van der Waals surface area (Å²) in [7, 11) is 6.50. The standard InChI is InChI=1S/C23H27FN4O4/c1-15-12-20(28(26-15)18-9-7-17(24)8-10-18)25-21(29)14-27(2)13-16-6-11-19(30-3)23(32-5)22(16)31-4/h6-12H,13-14H2,1-5H3,(H,25,29). The van der Waals surface area contributed by atoms with Crippen LogP contribution in [0.15, 0.2) is 42.5 Å². The van der Waals surface area contributed by atoms with Gasteiger partial charge < -0.3 is 19.5 Å². The van der Waals surface area contributed by atoms with E-state index in [2.05, 4.69) is 10.4 Å². The fourth-order valence-corrected chi connectivity index (χ4v) is 3.43. The number of aryl methyl sites for hydroxylation is 1. The molecular formula is C23H27FN4O4. The molecule has 8 nitrogen and oxygen atoms in total. The number of hydrogen-bond acceptors (Lipinski definition) is 6. The molecule has 0 bridgehead atoms. The van der Waals surface area contributed by atoms with Crippen LogP contribution in [0.25, 0.3) is 5.69 Å². The van der Waals surface area contributed by atoms with E-state index in [4.69, 9.17) is 14.2 Å². The number of carbonyl (C=O) groups excluding carboxylic acids is 1. The molecule has 0 unspecified atom stereocenters. The highest BCUT2D eigenvalue weighted by Gasteiger charge is 2.18. The Bertz CT molecular complexity index is 1080. The van der Waals surface area contributed by atoms with E-state index in [-0.39, 0.29) is 18.3 Å². The Labute approximate surface area is 186 Å². The van der Waals surface area contributed by atoms with Crippen molar-refractivity contribution in [2.24, 2.45) is 0 Å². The maximum absolute atomic E-state index is 13.3. The zero-order valence-corrected chi connectivity index (χ0v) is 18.8. The highest BCUT2D eigenvalue weighted by atomic mass is 19.1. The molecule has 0 fully saturated rings. The van der Waals surface area contributed by atoms with Gasteiger partial charge in [-0.2, -0.15) is 5.10 Å². The number of ether oxygens (including phenoxy) is 3. The van der Waals surface area contributed by atoms with Gasteiger partial charge in [0.15, 0.2) is 11.5 Å². The van der Waals surface area contributed by atoms with Crippen molar-refractivity contribution in [2.45, 2.75) is 13.5 Å². The van der Waals surface area contributed by atoms with E-state index in [1.54, 1.807) is 50.3 Å². The maximum Gasteiger partial charge on any atom is 0.239 e. The Morgan fingerprint density at radius 3 is 2.38 bits per heavy atom. The molecule has 32 heavy (non-hydrogen) atoms. The number of amides is 1. The quantitative estimate of drug-likeness (QED) is 0.547.